The summed E-state index contributed by atoms with van der Waals surface area (Å²) in [4.78, 5) is 23.8. The van der Waals surface area contributed by atoms with E-state index >= 15 is 0 Å². The molecule has 0 saturated carbocycles. The molecule has 120 valence electrons. The minimum Gasteiger partial charge on any atom is -0.493 e. The van der Waals surface area contributed by atoms with Crippen molar-refractivity contribution in [2.45, 2.75) is 25.9 Å². The van der Waals surface area contributed by atoms with Crippen LogP contribution in [0.25, 0.3) is 0 Å². The lowest BCUT2D eigenvalue weighted by atomic mass is 10.2. The first kappa shape index (κ1) is 16.3. The summed E-state index contributed by atoms with van der Waals surface area (Å²) in [7, 11) is 0. The first-order valence-corrected chi connectivity index (χ1v) is 7.59. The summed E-state index contributed by atoms with van der Waals surface area (Å²) >= 11 is 0. The Morgan fingerprint density at radius 2 is 2.14 bits per heavy atom. The van der Waals surface area contributed by atoms with Gasteiger partial charge in [0.1, 0.15) is 5.75 Å². The van der Waals surface area contributed by atoms with Gasteiger partial charge in [-0.05, 0) is 31.9 Å². The van der Waals surface area contributed by atoms with Gasteiger partial charge >= 0.3 is 0 Å². The Bertz CT molecular complexity index is 513. The summed E-state index contributed by atoms with van der Waals surface area (Å²) in [6, 6.07) is 6.96. The fourth-order valence-corrected chi connectivity index (χ4v) is 2.29. The van der Waals surface area contributed by atoms with E-state index in [1.165, 1.54) is 0 Å². The largest absolute Gasteiger partial charge is 0.493 e. The van der Waals surface area contributed by atoms with Crippen LogP contribution in [-0.4, -0.2) is 44.2 Å². The Labute approximate surface area is 130 Å². The molecule has 0 aromatic heterocycles. The number of nitrogens with one attached hydrogen (secondary N) is 2. The molecule has 1 aromatic carbocycles. The van der Waals surface area contributed by atoms with E-state index in [9.17, 15) is 9.59 Å². The van der Waals surface area contributed by atoms with Gasteiger partial charge in [0.15, 0.2) is 0 Å². The number of hydrogen-bond acceptors (Lipinski definition) is 4. The summed E-state index contributed by atoms with van der Waals surface area (Å²) in [6.45, 7) is 3.52. The lowest BCUT2D eigenvalue weighted by Crippen LogP contribution is -2.40. The molecule has 0 aliphatic carbocycles. The van der Waals surface area contributed by atoms with E-state index in [0.717, 1.165) is 19.4 Å². The lowest BCUT2D eigenvalue weighted by Gasteiger charge is -2.12. The van der Waals surface area contributed by atoms with Crippen molar-refractivity contribution in [1.29, 1.82) is 0 Å². The summed E-state index contributed by atoms with van der Waals surface area (Å²) in [5, 5.41) is 5.36. The topological polar surface area (TPSA) is 76.7 Å². The predicted molar refractivity (Wildman–Crippen MR) is 81.9 cm³/mol. The second-order valence-electron chi connectivity index (χ2n) is 5.05. The summed E-state index contributed by atoms with van der Waals surface area (Å²) in [5.41, 5.74) is 0.427. The van der Waals surface area contributed by atoms with Crippen LogP contribution in [0.5, 0.6) is 5.75 Å². The van der Waals surface area contributed by atoms with Crippen LogP contribution in [0.2, 0.25) is 0 Å². The Kier molecular flexibility index (Phi) is 6.21. The molecular formula is C16H22N2O4. The quantitative estimate of drug-likeness (QED) is 0.791. The van der Waals surface area contributed by atoms with Crippen LogP contribution in [0.1, 0.15) is 30.1 Å². The molecule has 0 unspecified atom stereocenters. The second-order valence-corrected chi connectivity index (χ2v) is 5.05. The summed E-state index contributed by atoms with van der Waals surface area (Å²) in [5.74, 6) is -0.0312. The van der Waals surface area contributed by atoms with Gasteiger partial charge in [0.2, 0.25) is 5.91 Å². The molecule has 1 heterocycles. The van der Waals surface area contributed by atoms with Gasteiger partial charge in [0.25, 0.3) is 5.91 Å². The third-order valence-electron chi connectivity index (χ3n) is 3.39. The van der Waals surface area contributed by atoms with E-state index in [-0.39, 0.29) is 24.5 Å². The number of hydrogen-bond donors (Lipinski definition) is 2. The fraction of sp³-hybridized carbons (Fsp3) is 0.500. The van der Waals surface area contributed by atoms with E-state index in [2.05, 4.69) is 10.6 Å². The molecular weight excluding hydrogens is 284 g/mol. The number of carbonyl (C=O) groups excluding carboxylic acids is 2. The Morgan fingerprint density at radius 1 is 1.32 bits per heavy atom. The van der Waals surface area contributed by atoms with Gasteiger partial charge in [-0.3, -0.25) is 9.59 Å². The number of amides is 2. The maximum atomic E-state index is 12.1. The highest BCUT2D eigenvalue weighted by molar-refractivity contribution is 5.98. The highest BCUT2D eigenvalue weighted by Gasteiger charge is 2.17. The van der Waals surface area contributed by atoms with Gasteiger partial charge in [-0.1, -0.05) is 12.1 Å². The molecule has 2 amide bonds. The number of carbonyl (C=O) groups is 2. The maximum Gasteiger partial charge on any atom is 0.255 e. The van der Waals surface area contributed by atoms with E-state index in [1.807, 2.05) is 6.92 Å². The lowest BCUT2D eigenvalue weighted by molar-refractivity contribution is -0.120. The minimum atomic E-state index is -0.323. The van der Waals surface area contributed by atoms with E-state index in [0.29, 0.717) is 24.5 Å². The molecule has 1 atom stereocenters. The zero-order valence-corrected chi connectivity index (χ0v) is 12.8. The van der Waals surface area contributed by atoms with Crippen molar-refractivity contribution in [3.63, 3.8) is 0 Å². The Balaban J connectivity index is 1.78. The fourth-order valence-electron chi connectivity index (χ4n) is 2.29. The standard InChI is InChI=1S/C16H22N2O4/c1-2-21-14-8-4-3-7-13(14)16(20)18-11-15(19)17-10-12-6-5-9-22-12/h3-4,7-8,12H,2,5-6,9-11H2,1H3,(H,17,19)(H,18,20)/t12-/m0/s1. The molecule has 0 bridgehead atoms. The minimum absolute atomic E-state index is 0.0635. The monoisotopic (exact) mass is 306 g/mol. The normalized spacial score (nSPS) is 17.0. The Hall–Kier alpha value is -2.08. The van der Waals surface area contributed by atoms with Crippen molar-refractivity contribution < 1.29 is 19.1 Å². The van der Waals surface area contributed by atoms with Crippen LogP contribution in [0, 0.1) is 0 Å². The van der Waals surface area contributed by atoms with Crippen molar-refractivity contribution in [2.75, 3.05) is 26.3 Å². The smallest absolute Gasteiger partial charge is 0.255 e. The highest BCUT2D eigenvalue weighted by atomic mass is 16.5. The molecule has 1 aliphatic rings. The van der Waals surface area contributed by atoms with Crippen LogP contribution in [0.15, 0.2) is 24.3 Å². The Morgan fingerprint density at radius 3 is 2.86 bits per heavy atom. The molecule has 1 saturated heterocycles. The molecule has 0 spiro atoms. The van der Waals surface area contributed by atoms with E-state index in [4.69, 9.17) is 9.47 Å². The molecule has 1 fully saturated rings. The molecule has 0 radical (unpaired) electrons. The molecule has 6 nitrogen and oxygen atoms in total. The molecule has 2 rings (SSSR count). The first-order valence-electron chi connectivity index (χ1n) is 7.59. The van der Waals surface area contributed by atoms with Crippen LogP contribution in [0.3, 0.4) is 0 Å². The van der Waals surface area contributed by atoms with Crippen molar-refractivity contribution >= 4 is 11.8 Å². The van der Waals surface area contributed by atoms with E-state index in [1.54, 1.807) is 24.3 Å². The zero-order chi connectivity index (χ0) is 15.8. The van der Waals surface area contributed by atoms with Crippen molar-refractivity contribution in [3.05, 3.63) is 29.8 Å². The third-order valence-corrected chi connectivity index (χ3v) is 3.39. The van der Waals surface area contributed by atoms with Crippen LogP contribution >= 0.6 is 0 Å². The highest BCUT2D eigenvalue weighted by Crippen LogP contribution is 2.17. The zero-order valence-electron chi connectivity index (χ0n) is 12.8. The third kappa shape index (κ3) is 4.73. The SMILES string of the molecule is CCOc1ccccc1C(=O)NCC(=O)NC[C@@H]1CCCO1. The maximum absolute atomic E-state index is 12.1. The molecule has 6 heteroatoms. The molecule has 1 aromatic rings. The van der Waals surface area contributed by atoms with Crippen LogP contribution in [0.4, 0.5) is 0 Å². The molecule has 22 heavy (non-hydrogen) atoms. The predicted octanol–water partition coefficient (Wildman–Crippen LogP) is 1.11. The molecule has 1 aliphatic heterocycles. The number of ether oxygens (including phenoxy) is 2. The molecule has 2 N–H and O–H groups in total. The van der Waals surface area contributed by atoms with Gasteiger partial charge in [-0.25, -0.2) is 0 Å². The van der Waals surface area contributed by atoms with Gasteiger partial charge in [0, 0.05) is 13.2 Å². The van der Waals surface area contributed by atoms with Gasteiger partial charge in [-0.2, -0.15) is 0 Å². The van der Waals surface area contributed by atoms with Crippen molar-refractivity contribution in [1.82, 2.24) is 10.6 Å². The summed E-state index contributed by atoms with van der Waals surface area (Å²) < 4.78 is 10.8. The number of benzene rings is 1. The number of rotatable bonds is 7. The van der Waals surface area contributed by atoms with Crippen molar-refractivity contribution in [2.24, 2.45) is 0 Å². The van der Waals surface area contributed by atoms with Crippen molar-refractivity contribution in [3.8, 4) is 5.75 Å². The first-order chi connectivity index (χ1) is 10.7. The van der Waals surface area contributed by atoms with Gasteiger partial charge < -0.3 is 20.1 Å². The van der Waals surface area contributed by atoms with Gasteiger partial charge in [-0.15, -0.1) is 0 Å². The average molecular weight is 306 g/mol. The van der Waals surface area contributed by atoms with Gasteiger partial charge in [0.05, 0.1) is 24.8 Å². The van der Waals surface area contributed by atoms with Crippen LogP contribution < -0.4 is 15.4 Å². The van der Waals surface area contributed by atoms with Crippen LogP contribution in [-0.2, 0) is 9.53 Å². The number of para-hydroxylation sites is 1. The summed E-state index contributed by atoms with van der Waals surface area (Å²) in [6.07, 6.45) is 2.10. The van der Waals surface area contributed by atoms with E-state index < -0.39 is 0 Å². The second kappa shape index (κ2) is 8.38. The average Bonchev–Trinajstić information content (AvgIpc) is 3.05.